The lowest BCUT2D eigenvalue weighted by Crippen LogP contribution is -2.50. The molecule has 0 saturated carbocycles. The van der Waals surface area contributed by atoms with Crippen LogP contribution in [0.25, 0.3) is 10.8 Å². The number of anilines is 3. The first-order valence-electron chi connectivity index (χ1n) is 15.1. The molecule has 1 heterocycles. The van der Waals surface area contributed by atoms with Crippen molar-refractivity contribution in [3.8, 4) is 11.5 Å². The Bertz CT molecular complexity index is 1710. The molecule has 5 amide bonds. The van der Waals surface area contributed by atoms with Gasteiger partial charge in [0, 0.05) is 30.6 Å². The highest BCUT2D eigenvalue weighted by atomic mass is 16.5. The quantitative estimate of drug-likeness (QED) is 0.194. The Labute approximate surface area is 268 Å². The Balaban J connectivity index is 1.40. The molecule has 0 aliphatic carbocycles. The summed E-state index contributed by atoms with van der Waals surface area (Å²) in [7, 11) is 3.24. The molecule has 11 nitrogen and oxygen atoms in total. The van der Waals surface area contributed by atoms with Gasteiger partial charge in [-0.25, -0.2) is 9.59 Å². The molecule has 4 N–H and O–H groups in total. The third kappa shape index (κ3) is 7.16. The van der Waals surface area contributed by atoms with Crippen LogP contribution in [0, 0.1) is 5.92 Å². The summed E-state index contributed by atoms with van der Waals surface area (Å²) < 4.78 is 11.7. The number of ether oxygens (including phenoxy) is 2. The summed E-state index contributed by atoms with van der Waals surface area (Å²) in [5, 5.41) is 20.5. The smallest absolute Gasteiger partial charge is 0.323 e. The molecule has 0 aromatic heterocycles. The van der Waals surface area contributed by atoms with E-state index in [-0.39, 0.29) is 48.0 Å². The van der Waals surface area contributed by atoms with E-state index in [0.29, 0.717) is 23.7 Å². The zero-order valence-electron chi connectivity index (χ0n) is 26.3. The van der Waals surface area contributed by atoms with Crippen molar-refractivity contribution in [2.45, 2.75) is 26.0 Å². The zero-order chi connectivity index (χ0) is 32.8. The van der Waals surface area contributed by atoms with Gasteiger partial charge in [0.05, 0.1) is 43.2 Å². The summed E-state index contributed by atoms with van der Waals surface area (Å²) in [6.45, 7) is 3.95. The number of nitrogens with zero attached hydrogens (tertiary/aromatic N) is 2. The summed E-state index contributed by atoms with van der Waals surface area (Å²) >= 11 is 0. The van der Waals surface area contributed by atoms with Gasteiger partial charge in [-0.15, -0.1) is 0 Å². The third-order valence-corrected chi connectivity index (χ3v) is 8.12. The van der Waals surface area contributed by atoms with E-state index in [0.717, 1.165) is 10.8 Å². The first kappa shape index (κ1) is 32.1. The van der Waals surface area contributed by atoms with Crippen LogP contribution in [0.4, 0.5) is 26.7 Å². The van der Waals surface area contributed by atoms with Crippen LogP contribution in [-0.4, -0.2) is 78.9 Å². The lowest BCUT2D eigenvalue weighted by molar-refractivity contribution is 0.0373. The molecule has 240 valence electrons. The number of rotatable bonds is 8. The maximum absolute atomic E-state index is 13.8. The number of hydrogen-bond acceptors (Lipinski definition) is 6. The topological polar surface area (TPSA) is 132 Å². The van der Waals surface area contributed by atoms with Crippen LogP contribution in [0.5, 0.6) is 11.5 Å². The Hall–Kier alpha value is -5.29. The van der Waals surface area contributed by atoms with E-state index in [1.807, 2.05) is 49.4 Å². The van der Waals surface area contributed by atoms with Gasteiger partial charge in [-0.1, -0.05) is 49.4 Å². The number of amides is 5. The molecule has 1 aliphatic heterocycles. The average molecular weight is 626 g/mol. The standard InChI is InChI=1S/C35H39N5O6/c1-22-19-40(23(2)21-41)33(42)28-12-8-14-30(37-34(43)36-25-15-17-26(45-4)18-16-25)32(28)46-31(22)20-39(3)35(44)38-29-13-7-10-24-9-5-6-11-27(24)29/h5-18,22-23,31,41H,19-21H2,1-4H3,(H,38,44)(H2,36,37,43)/t22-,23+,31-/m0/s1. The maximum Gasteiger partial charge on any atom is 0.323 e. The molecule has 4 aromatic carbocycles. The summed E-state index contributed by atoms with van der Waals surface area (Å²) in [5.74, 6) is 0.259. The van der Waals surface area contributed by atoms with Crippen molar-refractivity contribution in [1.82, 2.24) is 9.80 Å². The van der Waals surface area contributed by atoms with E-state index >= 15 is 0 Å². The van der Waals surface area contributed by atoms with Gasteiger partial charge >= 0.3 is 12.1 Å². The highest BCUT2D eigenvalue weighted by Gasteiger charge is 2.35. The second-order valence-electron chi connectivity index (χ2n) is 11.4. The number of aliphatic hydroxyl groups excluding tert-OH is 1. The van der Waals surface area contributed by atoms with Crippen molar-refractivity contribution in [2.24, 2.45) is 5.92 Å². The second kappa shape index (κ2) is 14.2. The van der Waals surface area contributed by atoms with Crippen molar-refractivity contribution in [3.05, 3.63) is 90.5 Å². The van der Waals surface area contributed by atoms with Crippen LogP contribution in [0.1, 0.15) is 24.2 Å². The fourth-order valence-electron chi connectivity index (χ4n) is 5.42. The van der Waals surface area contributed by atoms with Gasteiger partial charge in [0.1, 0.15) is 11.9 Å². The third-order valence-electron chi connectivity index (χ3n) is 8.12. The van der Waals surface area contributed by atoms with Crippen molar-refractivity contribution < 1.29 is 29.0 Å². The number of likely N-dealkylation sites (N-methyl/N-ethyl adjacent to an activating group) is 1. The molecule has 0 spiro atoms. The molecule has 0 saturated heterocycles. The lowest BCUT2D eigenvalue weighted by Gasteiger charge is -2.38. The number of carbonyl (C=O) groups is 3. The molecule has 3 atom stereocenters. The number of carbonyl (C=O) groups excluding carboxylic acids is 3. The minimum absolute atomic E-state index is 0.180. The minimum Gasteiger partial charge on any atom is -0.497 e. The number of aliphatic hydroxyl groups is 1. The van der Waals surface area contributed by atoms with Crippen molar-refractivity contribution in [3.63, 3.8) is 0 Å². The van der Waals surface area contributed by atoms with E-state index in [2.05, 4.69) is 16.0 Å². The SMILES string of the molecule is COc1ccc(NC(=O)Nc2cccc3c2O[C@@H](CN(C)C(=O)Nc2cccc4ccccc24)[C@@H](C)CN([C@H](C)CO)C3=O)cc1. The number of hydrogen-bond donors (Lipinski definition) is 4. The van der Waals surface area contributed by atoms with Gasteiger partial charge in [0.2, 0.25) is 0 Å². The average Bonchev–Trinajstić information content (AvgIpc) is 3.06. The van der Waals surface area contributed by atoms with Gasteiger partial charge in [0.25, 0.3) is 5.91 Å². The maximum atomic E-state index is 13.8. The number of methoxy groups -OCH3 is 1. The number of benzene rings is 4. The van der Waals surface area contributed by atoms with E-state index in [9.17, 15) is 19.5 Å². The first-order chi connectivity index (χ1) is 22.2. The van der Waals surface area contributed by atoms with Crippen molar-refractivity contribution in [2.75, 3.05) is 49.8 Å². The van der Waals surface area contributed by atoms with Crippen LogP contribution in [0.2, 0.25) is 0 Å². The summed E-state index contributed by atoms with van der Waals surface area (Å²) in [4.78, 5) is 43.4. The van der Waals surface area contributed by atoms with Crippen LogP contribution in [0.15, 0.2) is 84.9 Å². The molecular formula is C35H39N5O6. The molecule has 1 aliphatic rings. The predicted octanol–water partition coefficient (Wildman–Crippen LogP) is 5.88. The molecule has 46 heavy (non-hydrogen) atoms. The fraction of sp³-hybridized carbons (Fsp3) is 0.286. The molecular weight excluding hydrogens is 586 g/mol. The second-order valence-corrected chi connectivity index (χ2v) is 11.4. The fourth-order valence-corrected chi connectivity index (χ4v) is 5.42. The zero-order valence-corrected chi connectivity index (χ0v) is 26.3. The monoisotopic (exact) mass is 625 g/mol. The molecule has 0 unspecified atom stereocenters. The minimum atomic E-state index is -0.573. The molecule has 0 radical (unpaired) electrons. The Morgan fingerprint density at radius 3 is 2.41 bits per heavy atom. The highest BCUT2D eigenvalue weighted by Crippen LogP contribution is 2.35. The largest absolute Gasteiger partial charge is 0.497 e. The molecule has 4 aromatic rings. The van der Waals surface area contributed by atoms with Crippen molar-refractivity contribution in [1.29, 1.82) is 0 Å². The van der Waals surface area contributed by atoms with Gasteiger partial charge in [-0.05, 0) is 54.8 Å². The normalized spacial score (nSPS) is 16.7. The van der Waals surface area contributed by atoms with Gasteiger partial charge < -0.3 is 40.3 Å². The van der Waals surface area contributed by atoms with Crippen LogP contribution in [0.3, 0.4) is 0 Å². The Morgan fingerprint density at radius 2 is 1.67 bits per heavy atom. The van der Waals surface area contributed by atoms with Crippen LogP contribution < -0.4 is 25.4 Å². The van der Waals surface area contributed by atoms with Gasteiger partial charge in [0.15, 0.2) is 5.75 Å². The number of para-hydroxylation sites is 1. The van der Waals surface area contributed by atoms with E-state index in [4.69, 9.17) is 9.47 Å². The van der Waals surface area contributed by atoms with Crippen molar-refractivity contribution >= 4 is 45.8 Å². The Morgan fingerprint density at radius 1 is 0.978 bits per heavy atom. The molecule has 11 heteroatoms. The van der Waals surface area contributed by atoms with E-state index in [1.165, 1.54) is 4.90 Å². The summed E-state index contributed by atoms with van der Waals surface area (Å²) in [6, 6.07) is 24.0. The molecule has 0 fully saturated rings. The number of nitrogens with one attached hydrogen (secondary N) is 3. The van der Waals surface area contributed by atoms with E-state index < -0.39 is 18.2 Å². The lowest BCUT2D eigenvalue weighted by atomic mass is 9.99. The summed E-state index contributed by atoms with van der Waals surface area (Å²) in [5.41, 5.74) is 1.76. The van der Waals surface area contributed by atoms with Crippen LogP contribution in [-0.2, 0) is 0 Å². The first-order valence-corrected chi connectivity index (χ1v) is 15.1. The van der Waals surface area contributed by atoms with Gasteiger partial charge in [-0.3, -0.25) is 4.79 Å². The predicted molar refractivity (Wildman–Crippen MR) is 179 cm³/mol. The number of fused-ring (bicyclic) bond motifs is 2. The van der Waals surface area contributed by atoms with E-state index in [1.54, 1.807) is 68.4 Å². The number of urea groups is 2. The molecule has 0 bridgehead atoms. The Kier molecular flexibility index (Phi) is 9.92. The molecule has 5 rings (SSSR count). The van der Waals surface area contributed by atoms with Crippen LogP contribution >= 0.6 is 0 Å². The summed E-state index contributed by atoms with van der Waals surface area (Å²) in [6.07, 6.45) is -0.573. The van der Waals surface area contributed by atoms with Gasteiger partial charge in [-0.2, -0.15) is 0 Å². The highest BCUT2D eigenvalue weighted by molar-refractivity contribution is 6.04.